The van der Waals surface area contributed by atoms with E-state index in [1.807, 2.05) is 25.4 Å². The maximum Gasteiger partial charge on any atom is 0.379 e. The van der Waals surface area contributed by atoms with E-state index in [0.717, 1.165) is 29.4 Å². The number of ether oxygens (including phenoxy) is 1. The van der Waals surface area contributed by atoms with Gasteiger partial charge in [-0.1, -0.05) is 6.07 Å². The summed E-state index contributed by atoms with van der Waals surface area (Å²) in [6.45, 7) is 0.855. The molecule has 5 heteroatoms. The summed E-state index contributed by atoms with van der Waals surface area (Å²) in [6, 6.07) is 8.85. The normalized spacial score (nSPS) is 10.9. The van der Waals surface area contributed by atoms with Crippen LogP contribution in [0.1, 0.15) is 16.1 Å². The first-order valence-electron chi connectivity index (χ1n) is 6.79. The van der Waals surface area contributed by atoms with Gasteiger partial charge in [0.05, 0.1) is 6.26 Å². The summed E-state index contributed by atoms with van der Waals surface area (Å²) in [5.74, 6) is 0.244. The number of furan rings is 1. The van der Waals surface area contributed by atoms with Gasteiger partial charge in [-0.05, 0) is 49.8 Å². The number of aromatic amines is 1. The maximum atomic E-state index is 12.0. The van der Waals surface area contributed by atoms with Crippen molar-refractivity contribution in [2.45, 2.75) is 6.42 Å². The van der Waals surface area contributed by atoms with Crippen LogP contribution in [-0.2, 0) is 6.42 Å². The van der Waals surface area contributed by atoms with Crippen LogP contribution in [0, 0.1) is 0 Å². The molecule has 0 radical (unpaired) electrons. The van der Waals surface area contributed by atoms with Crippen molar-refractivity contribution in [1.29, 1.82) is 0 Å². The van der Waals surface area contributed by atoms with E-state index in [0.29, 0.717) is 5.75 Å². The number of nitrogens with one attached hydrogen (secondary N) is 2. The fourth-order valence-electron chi connectivity index (χ4n) is 2.31. The lowest BCUT2D eigenvalue weighted by Crippen LogP contribution is -2.10. The molecule has 0 saturated heterocycles. The largest absolute Gasteiger partial charge is 0.457 e. The number of hydrogen-bond acceptors (Lipinski definition) is 4. The number of rotatable bonds is 5. The highest BCUT2D eigenvalue weighted by Crippen LogP contribution is 2.29. The van der Waals surface area contributed by atoms with Crippen LogP contribution in [0.2, 0.25) is 0 Å². The zero-order valence-corrected chi connectivity index (χ0v) is 11.7. The predicted octanol–water partition coefficient (Wildman–Crippen LogP) is 2.74. The summed E-state index contributed by atoms with van der Waals surface area (Å²) in [5.41, 5.74) is 2.06. The molecule has 0 spiro atoms. The van der Waals surface area contributed by atoms with Crippen molar-refractivity contribution in [3.8, 4) is 5.75 Å². The van der Waals surface area contributed by atoms with E-state index in [-0.39, 0.29) is 5.76 Å². The molecule has 0 aliphatic heterocycles. The number of aromatic nitrogens is 1. The van der Waals surface area contributed by atoms with Gasteiger partial charge in [-0.15, -0.1) is 0 Å². The van der Waals surface area contributed by atoms with Gasteiger partial charge < -0.3 is 19.5 Å². The zero-order valence-electron chi connectivity index (χ0n) is 11.7. The summed E-state index contributed by atoms with van der Waals surface area (Å²) < 4.78 is 10.5. The third kappa shape index (κ3) is 2.68. The Bertz CT molecular complexity index is 744. The van der Waals surface area contributed by atoms with Gasteiger partial charge in [0.25, 0.3) is 0 Å². The average molecular weight is 284 g/mol. The minimum absolute atomic E-state index is 0.194. The Balaban J connectivity index is 1.94. The van der Waals surface area contributed by atoms with Crippen LogP contribution in [0.3, 0.4) is 0 Å². The van der Waals surface area contributed by atoms with E-state index in [9.17, 15) is 4.79 Å². The molecule has 108 valence electrons. The number of esters is 1. The summed E-state index contributed by atoms with van der Waals surface area (Å²) >= 11 is 0. The topological polar surface area (TPSA) is 67.3 Å². The van der Waals surface area contributed by atoms with Crippen molar-refractivity contribution < 1.29 is 13.9 Å². The van der Waals surface area contributed by atoms with Crippen molar-refractivity contribution in [3.63, 3.8) is 0 Å². The summed E-state index contributed by atoms with van der Waals surface area (Å²) in [6.07, 6.45) is 4.25. The molecule has 3 rings (SSSR count). The molecule has 0 atom stereocenters. The van der Waals surface area contributed by atoms with Crippen LogP contribution in [-0.4, -0.2) is 24.5 Å². The van der Waals surface area contributed by atoms with E-state index < -0.39 is 5.97 Å². The van der Waals surface area contributed by atoms with E-state index in [1.165, 1.54) is 6.26 Å². The molecule has 0 amide bonds. The molecular weight excluding hydrogens is 268 g/mol. The van der Waals surface area contributed by atoms with Crippen LogP contribution < -0.4 is 10.1 Å². The smallest absolute Gasteiger partial charge is 0.379 e. The van der Waals surface area contributed by atoms with Crippen LogP contribution >= 0.6 is 0 Å². The number of hydrogen-bond donors (Lipinski definition) is 2. The zero-order chi connectivity index (χ0) is 14.7. The monoisotopic (exact) mass is 284 g/mol. The average Bonchev–Trinajstić information content (AvgIpc) is 3.15. The van der Waals surface area contributed by atoms with Gasteiger partial charge in [0, 0.05) is 17.1 Å². The van der Waals surface area contributed by atoms with Gasteiger partial charge in [0.2, 0.25) is 5.76 Å². The maximum absolute atomic E-state index is 12.0. The van der Waals surface area contributed by atoms with Gasteiger partial charge in [-0.25, -0.2) is 4.79 Å². The molecule has 0 aliphatic rings. The Labute approximate surface area is 121 Å². The van der Waals surface area contributed by atoms with Crippen molar-refractivity contribution in [2.75, 3.05) is 13.6 Å². The molecule has 0 saturated carbocycles. The molecule has 2 heterocycles. The number of likely N-dealkylation sites (N-methyl/N-ethyl adjacent to an activating group) is 1. The third-order valence-electron chi connectivity index (χ3n) is 3.32. The minimum atomic E-state index is -0.492. The second-order valence-electron chi connectivity index (χ2n) is 4.71. The van der Waals surface area contributed by atoms with E-state index in [1.54, 1.807) is 18.2 Å². The Morgan fingerprint density at radius 3 is 3.00 bits per heavy atom. The first-order valence-corrected chi connectivity index (χ1v) is 6.79. The predicted molar refractivity (Wildman–Crippen MR) is 79.6 cm³/mol. The Kier molecular flexibility index (Phi) is 3.75. The molecule has 0 fully saturated rings. The highest BCUT2D eigenvalue weighted by Gasteiger charge is 2.15. The van der Waals surface area contributed by atoms with Gasteiger partial charge >= 0.3 is 5.97 Å². The van der Waals surface area contributed by atoms with Crippen molar-refractivity contribution in [2.24, 2.45) is 0 Å². The molecular formula is C16H16N2O3. The van der Waals surface area contributed by atoms with Gasteiger partial charge in [0.15, 0.2) is 0 Å². The quantitative estimate of drug-likeness (QED) is 0.558. The molecule has 2 N–H and O–H groups in total. The molecule has 0 aliphatic carbocycles. The van der Waals surface area contributed by atoms with Gasteiger partial charge in [0.1, 0.15) is 5.75 Å². The lowest BCUT2D eigenvalue weighted by molar-refractivity contribution is 0.0704. The molecule has 1 aromatic carbocycles. The molecule has 3 aromatic rings. The van der Waals surface area contributed by atoms with E-state index in [4.69, 9.17) is 9.15 Å². The fourth-order valence-corrected chi connectivity index (χ4v) is 2.31. The lowest BCUT2D eigenvalue weighted by Gasteiger charge is -2.06. The number of fused-ring (bicyclic) bond motifs is 1. The minimum Gasteiger partial charge on any atom is -0.457 e. The first kappa shape index (κ1) is 13.5. The molecule has 2 aromatic heterocycles. The fraction of sp³-hybridized carbons (Fsp3) is 0.188. The van der Waals surface area contributed by atoms with Crippen molar-refractivity contribution in [3.05, 3.63) is 54.1 Å². The molecule has 5 nitrogen and oxygen atoms in total. The van der Waals surface area contributed by atoms with Crippen LogP contribution in [0.25, 0.3) is 10.9 Å². The van der Waals surface area contributed by atoms with E-state index in [2.05, 4.69) is 10.3 Å². The van der Waals surface area contributed by atoms with Crippen molar-refractivity contribution >= 4 is 16.9 Å². The Morgan fingerprint density at radius 2 is 2.24 bits per heavy atom. The number of carbonyl (C=O) groups is 1. The molecule has 0 bridgehead atoms. The summed E-state index contributed by atoms with van der Waals surface area (Å²) in [4.78, 5) is 15.2. The van der Waals surface area contributed by atoms with Crippen molar-refractivity contribution in [1.82, 2.24) is 10.3 Å². The SMILES string of the molecule is CNCCc1c[nH]c2cccc(OC(=O)c3ccco3)c12. The highest BCUT2D eigenvalue weighted by molar-refractivity contribution is 5.94. The van der Waals surface area contributed by atoms with Gasteiger partial charge in [-0.3, -0.25) is 0 Å². The van der Waals surface area contributed by atoms with Crippen LogP contribution in [0.4, 0.5) is 0 Å². The summed E-state index contributed by atoms with van der Waals surface area (Å²) in [5, 5.41) is 4.05. The van der Waals surface area contributed by atoms with E-state index >= 15 is 0 Å². The van der Waals surface area contributed by atoms with Crippen LogP contribution in [0.5, 0.6) is 5.75 Å². The second kappa shape index (κ2) is 5.85. The van der Waals surface area contributed by atoms with Crippen LogP contribution in [0.15, 0.2) is 47.2 Å². The second-order valence-corrected chi connectivity index (χ2v) is 4.71. The Hall–Kier alpha value is -2.53. The number of H-pyrrole nitrogens is 1. The first-order chi connectivity index (χ1) is 10.3. The number of carbonyl (C=O) groups excluding carboxylic acids is 1. The van der Waals surface area contributed by atoms with Gasteiger partial charge in [-0.2, -0.15) is 0 Å². The number of benzene rings is 1. The summed E-state index contributed by atoms with van der Waals surface area (Å²) in [7, 11) is 1.91. The molecule has 0 unspecified atom stereocenters. The highest BCUT2D eigenvalue weighted by atomic mass is 16.5. The third-order valence-corrected chi connectivity index (χ3v) is 3.32. The lowest BCUT2D eigenvalue weighted by atomic mass is 10.1. The molecule has 21 heavy (non-hydrogen) atoms. The Morgan fingerprint density at radius 1 is 1.33 bits per heavy atom. The standard InChI is InChI=1S/C16H16N2O3/c1-17-8-7-11-10-18-12-4-2-5-13(15(11)12)21-16(19)14-6-3-9-20-14/h2-6,9-10,17-18H,7-8H2,1H3.